The number of nitrogens with zero attached hydrogens (tertiary/aromatic N) is 3. The van der Waals surface area contributed by atoms with Gasteiger partial charge in [0.05, 0.1) is 25.8 Å². The van der Waals surface area contributed by atoms with Crippen molar-refractivity contribution in [1.29, 1.82) is 0 Å². The Bertz CT molecular complexity index is 586. The van der Waals surface area contributed by atoms with Crippen molar-refractivity contribution in [3.05, 3.63) is 29.8 Å². The molecule has 0 unspecified atom stereocenters. The number of ether oxygens (including phenoxy) is 2. The molecule has 0 aliphatic rings. The largest absolute Gasteiger partial charge is 0.497 e. The lowest BCUT2D eigenvalue weighted by Gasteiger charge is -2.14. The maximum absolute atomic E-state index is 5.93. The fraction of sp³-hybridized carbons (Fsp3) is 0.385. The molecule has 0 aliphatic carbocycles. The van der Waals surface area contributed by atoms with E-state index in [0.29, 0.717) is 30.3 Å². The minimum absolute atomic E-state index is 0.257. The summed E-state index contributed by atoms with van der Waals surface area (Å²) in [6.45, 7) is 0.485. The van der Waals surface area contributed by atoms with E-state index in [1.54, 1.807) is 20.3 Å². The summed E-state index contributed by atoms with van der Waals surface area (Å²) in [6, 6.07) is 5.54. The number of methoxy groups -OCH3 is 2. The maximum atomic E-state index is 5.93. The third kappa shape index (κ3) is 2.71. The van der Waals surface area contributed by atoms with Gasteiger partial charge in [-0.2, -0.15) is 0 Å². The molecule has 1 heterocycles. The Balaban J connectivity index is 2.57. The molecule has 6 nitrogen and oxygen atoms in total. The lowest BCUT2D eigenvalue weighted by molar-refractivity contribution is 0.393. The Morgan fingerprint density at radius 1 is 1.20 bits per heavy atom. The van der Waals surface area contributed by atoms with Crippen molar-refractivity contribution in [2.45, 2.75) is 12.3 Å². The SMILES string of the molecule is COc1ccc(-n2c(CCl)nnc2CCN)c(OC)c1. The van der Waals surface area contributed by atoms with Crippen LogP contribution in [0.15, 0.2) is 18.2 Å². The second-order valence-corrected chi connectivity index (χ2v) is 4.35. The highest BCUT2D eigenvalue weighted by atomic mass is 35.5. The monoisotopic (exact) mass is 296 g/mol. The molecule has 2 rings (SSSR count). The summed E-state index contributed by atoms with van der Waals surface area (Å²) in [7, 11) is 3.21. The third-order valence-electron chi connectivity index (χ3n) is 2.91. The molecule has 0 atom stereocenters. The molecule has 0 spiro atoms. The molecule has 0 fully saturated rings. The van der Waals surface area contributed by atoms with Crippen molar-refractivity contribution in [3.8, 4) is 17.2 Å². The van der Waals surface area contributed by atoms with Crippen LogP contribution in [-0.4, -0.2) is 35.5 Å². The molecule has 7 heteroatoms. The van der Waals surface area contributed by atoms with Crippen molar-refractivity contribution >= 4 is 11.6 Å². The van der Waals surface area contributed by atoms with E-state index in [9.17, 15) is 0 Å². The summed E-state index contributed by atoms with van der Waals surface area (Å²) < 4.78 is 12.5. The molecule has 0 saturated carbocycles. The second kappa shape index (κ2) is 6.58. The van der Waals surface area contributed by atoms with Crippen LogP contribution in [0.1, 0.15) is 11.6 Å². The van der Waals surface area contributed by atoms with Crippen molar-refractivity contribution in [3.63, 3.8) is 0 Å². The van der Waals surface area contributed by atoms with Crippen LogP contribution in [0, 0.1) is 0 Å². The van der Waals surface area contributed by atoms with Crippen LogP contribution in [0.5, 0.6) is 11.5 Å². The summed E-state index contributed by atoms with van der Waals surface area (Å²) in [4.78, 5) is 0. The molecule has 0 bridgehead atoms. The van der Waals surface area contributed by atoms with Crippen molar-refractivity contribution in [2.75, 3.05) is 20.8 Å². The number of hydrogen-bond acceptors (Lipinski definition) is 5. The second-order valence-electron chi connectivity index (χ2n) is 4.08. The lowest BCUT2D eigenvalue weighted by Crippen LogP contribution is -2.11. The van der Waals surface area contributed by atoms with Crippen molar-refractivity contribution < 1.29 is 9.47 Å². The average Bonchev–Trinajstić information content (AvgIpc) is 2.89. The number of hydrogen-bond donors (Lipinski definition) is 1. The Kier molecular flexibility index (Phi) is 4.81. The predicted octanol–water partition coefficient (Wildman–Crippen LogP) is 1.52. The van der Waals surface area contributed by atoms with E-state index in [1.807, 2.05) is 16.7 Å². The quantitative estimate of drug-likeness (QED) is 0.818. The van der Waals surface area contributed by atoms with Gasteiger partial charge in [-0.15, -0.1) is 21.8 Å². The Morgan fingerprint density at radius 2 is 1.95 bits per heavy atom. The number of benzene rings is 1. The fourth-order valence-corrected chi connectivity index (χ4v) is 2.15. The van der Waals surface area contributed by atoms with Gasteiger partial charge in [0.15, 0.2) is 5.82 Å². The van der Waals surface area contributed by atoms with Crippen LogP contribution in [-0.2, 0) is 12.3 Å². The Hall–Kier alpha value is -1.79. The normalized spacial score (nSPS) is 10.6. The van der Waals surface area contributed by atoms with Gasteiger partial charge in [0.2, 0.25) is 0 Å². The maximum Gasteiger partial charge on any atom is 0.152 e. The molecular formula is C13H17ClN4O2. The lowest BCUT2D eigenvalue weighted by atomic mass is 10.2. The van der Waals surface area contributed by atoms with Crippen molar-refractivity contribution in [1.82, 2.24) is 14.8 Å². The third-order valence-corrected chi connectivity index (χ3v) is 3.15. The van der Waals surface area contributed by atoms with E-state index in [-0.39, 0.29) is 5.88 Å². The molecule has 0 amide bonds. The molecule has 108 valence electrons. The zero-order chi connectivity index (χ0) is 14.5. The molecule has 0 radical (unpaired) electrons. The van der Waals surface area contributed by atoms with Crippen LogP contribution < -0.4 is 15.2 Å². The highest BCUT2D eigenvalue weighted by Gasteiger charge is 2.16. The molecule has 20 heavy (non-hydrogen) atoms. The van der Waals surface area contributed by atoms with E-state index in [4.69, 9.17) is 26.8 Å². The van der Waals surface area contributed by atoms with Crippen LogP contribution in [0.2, 0.25) is 0 Å². The zero-order valence-corrected chi connectivity index (χ0v) is 12.2. The molecule has 2 aromatic rings. The highest BCUT2D eigenvalue weighted by Crippen LogP contribution is 2.29. The zero-order valence-electron chi connectivity index (χ0n) is 11.5. The fourth-order valence-electron chi connectivity index (χ4n) is 1.98. The smallest absolute Gasteiger partial charge is 0.152 e. The van der Waals surface area contributed by atoms with Crippen LogP contribution >= 0.6 is 11.6 Å². The van der Waals surface area contributed by atoms with Gasteiger partial charge in [0.25, 0.3) is 0 Å². The van der Waals surface area contributed by atoms with Gasteiger partial charge in [-0.3, -0.25) is 4.57 Å². The van der Waals surface area contributed by atoms with E-state index < -0.39 is 0 Å². The first-order valence-corrected chi connectivity index (χ1v) is 6.70. The predicted molar refractivity (Wildman–Crippen MR) is 76.8 cm³/mol. The van der Waals surface area contributed by atoms with Gasteiger partial charge in [0.1, 0.15) is 17.3 Å². The topological polar surface area (TPSA) is 75.2 Å². The number of rotatable bonds is 6. The minimum atomic E-state index is 0.257. The molecule has 1 aromatic carbocycles. The number of aromatic nitrogens is 3. The molecule has 0 saturated heterocycles. The van der Waals surface area contributed by atoms with Crippen molar-refractivity contribution in [2.24, 2.45) is 5.73 Å². The van der Waals surface area contributed by atoms with Gasteiger partial charge in [-0.1, -0.05) is 0 Å². The molecule has 0 aliphatic heterocycles. The minimum Gasteiger partial charge on any atom is -0.497 e. The van der Waals surface area contributed by atoms with Crippen LogP contribution in [0.25, 0.3) is 5.69 Å². The first-order chi connectivity index (χ1) is 9.74. The van der Waals surface area contributed by atoms with E-state index in [1.165, 1.54) is 0 Å². The first-order valence-electron chi connectivity index (χ1n) is 6.16. The van der Waals surface area contributed by atoms with Crippen LogP contribution in [0.4, 0.5) is 0 Å². The van der Waals surface area contributed by atoms with Gasteiger partial charge in [0, 0.05) is 12.5 Å². The summed E-state index contributed by atoms with van der Waals surface area (Å²) in [6.07, 6.45) is 0.610. The van der Waals surface area contributed by atoms with Gasteiger partial charge < -0.3 is 15.2 Å². The summed E-state index contributed by atoms with van der Waals surface area (Å²) in [5.41, 5.74) is 6.43. The van der Waals surface area contributed by atoms with E-state index in [2.05, 4.69) is 10.2 Å². The Labute approximate surface area is 122 Å². The van der Waals surface area contributed by atoms with Gasteiger partial charge in [-0.25, -0.2) is 0 Å². The highest BCUT2D eigenvalue weighted by molar-refractivity contribution is 6.16. The molecule has 1 aromatic heterocycles. The average molecular weight is 297 g/mol. The summed E-state index contributed by atoms with van der Waals surface area (Å²) in [5.74, 6) is 3.04. The van der Waals surface area contributed by atoms with E-state index >= 15 is 0 Å². The molecular weight excluding hydrogens is 280 g/mol. The molecule has 2 N–H and O–H groups in total. The van der Waals surface area contributed by atoms with Gasteiger partial charge >= 0.3 is 0 Å². The number of nitrogens with two attached hydrogens (primary N) is 1. The number of halogens is 1. The first kappa shape index (κ1) is 14.6. The Morgan fingerprint density at radius 3 is 2.55 bits per heavy atom. The summed E-state index contributed by atoms with van der Waals surface area (Å²) >= 11 is 5.93. The van der Waals surface area contributed by atoms with Gasteiger partial charge in [-0.05, 0) is 18.7 Å². The summed E-state index contributed by atoms with van der Waals surface area (Å²) in [5, 5.41) is 8.22. The van der Waals surface area contributed by atoms with Crippen LogP contribution in [0.3, 0.4) is 0 Å². The standard InChI is InChI=1S/C13H17ClN4O2/c1-19-9-3-4-10(11(7-9)20-2)18-12(5-6-15)16-17-13(18)8-14/h3-4,7H,5-6,8,15H2,1-2H3. The number of alkyl halides is 1. The van der Waals surface area contributed by atoms with E-state index in [0.717, 1.165) is 11.5 Å².